The zero-order valence-corrected chi connectivity index (χ0v) is 9.91. The van der Waals surface area contributed by atoms with E-state index in [9.17, 15) is 9.18 Å². The van der Waals surface area contributed by atoms with Crippen molar-refractivity contribution in [3.63, 3.8) is 0 Å². The van der Waals surface area contributed by atoms with Crippen LogP contribution in [0, 0.1) is 12.7 Å². The van der Waals surface area contributed by atoms with Crippen LogP contribution in [0.1, 0.15) is 15.9 Å². The summed E-state index contributed by atoms with van der Waals surface area (Å²) in [5, 5.41) is 2.69. The topological polar surface area (TPSA) is 55.1 Å². The van der Waals surface area contributed by atoms with Gasteiger partial charge >= 0.3 is 0 Å². The molecule has 0 radical (unpaired) electrons. The molecule has 0 aliphatic carbocycles. The van der Waals surface area contributed by atoms with E-state index in [4.69, 9.17) is 5.73 Å². The molecule has 0 saturated heterocycles. The average molecular weight is 244 g/mol. The van der Waals surface area contributed by atoms with Gasteiger partial charge in [0.25, 0.3) is 5.91 Å². The number of carbonyl (C=O) groups excluding carboxylic acids is 1. The molecule has 0 spiro atoms. The van der Waals surface area contributed by atoms with Gasteiger partial charge in [0, 0.05) is 16.9 Å². The van der Waals surface area contributed by atoms with Crippen molar-refractivity contribution in [1.29, 1.82) is 0 Å². The molecule has 0 saturated carbocycles. The Bertz CT molecular complexity index is 579. The highest BCUT2D eigenvalue weighted by molar-refractivity contribution is 6.06. The highest BCUT2D eigenvalue weighted by Crippen LogP contribution is 2.17. The van der Waals surface area contributed by atoms with Crippen molar-refractivity contribution in [2.24, 2.45) is 0 Å². The van der Waals surface area contributed by atoms with Gasteiger partial charge in [0.2, 0.25) is 0 Å². The zero-order chi connectivity index (χ0) is 13.1. The van der Waals surface area contributed by atoms with Crippen molar-refractivity contribution >= 4 is 17.3 Å². The Morgan fingerprint density at radius 2 is 1.83 bits per heavy atom. The highest BCUT2D eigenvalue weighted by Gasteiger charge is 2.10. The van der Waals surface area contributed by atoms with Gasteiger partial charge in [0.15, 0.2) is 0 Å². The quantitative estimate of drug-likeness (QED) is 0.798. The summed E-state index contributed by atoms with van der Waals surface area (Å²) in [4.78, 5) is 12.0. The maximum absolute atomic E-state index is 12.7. The molecule has 2 rings (SSSR count). The predicted molar refractivity (Wildman–Crippen MR) is 69.9 cm³/mol. The fraction of sp³-hybridized carbons (Fsp3) is 0.0714. The number of nitrogen functional groups attached to an aromatic ring is 1. The van der Waals surface area contributed by atoms with E-state index in [-0.39, 0.29) is 11.7 Å². The minimum absolute atomic E-state index is 0.258. The van der Waals surface area contributed by atoms with E-state index in [0.717, 1.165) is 5.56 Å². The number of amides is 1. The van der Waals surface area contributed by atoms with Crippen molar-refractivity contribution < 1.29 is 9.18 Å². The van der Waals surface area contributed by atoms with Crippen LogP contribution in [0.3, 0.4) is 0 Å². The molecule has 2 aromatic rings. The van der Waals surface area contributed by atoms with E-state index in [0.29, 0.717) is 16.9 Å². The van der Waals surface area contributed by atoms with Crippen molar-refractivity contribution in [2.75, 3.05) is 11.1 Å². The Morgan fingerprint density at radius 1 is 1.17 bits per heavy atom. The first-order valence-corrected chi connectivity index (χ1v) is 5.50. The van der Waals surface area contributed by atoms with Crippen LogP contribution in [-0.2, 0) is 0 Å². The van der Waals surface area contributed by atoms with E-state index in [1.807, 2.05) is 0 Å². The molecule has 18 heavy (non-hydrogen) atoms. The molecule has 0 atom stereocenters. The third kappa shape index (κ3) is 2.48. The summed E-state index contributed by atoms with van der Waals surface area (Å²) in [5.74, 6) is -0.598. The first-order valence-electron chi connectivity index (χ1n) is 5.50. The second-order valence-corrected chi connectivity index (χ2v) is 3.98. The van der Waals surface area contributed by atoms with Gasteiger partial charge in [-0.2, -0.15) is 0 Å². The number of halogens is 1. The zero-order valence-electron chi connectivity index (χ0n) is 9.91. The molecule has 3 N–H and O–H groups in total. The summed E-state index contributed by atoms with van der Waals surface area (Å²) < 4.78 is 12.7. The molecule has 0 aromatic heterocycles. The lowest BCUT2D eigenvalue weighted by molar-refractivity contribution is 0.102. The molecule has 0 heterocycles. The van der Waals surface area contributed by atoms with Crippen LogP contribution in [0.2, 0.25) is 0 Å². The van der Waals surface area contributed by atoms with Crippen LogP contribution in [0.15, 0.2) is 42.5 Å². The van der Waals surface area contributed by atoms with E-state index in [1.165, 1.54) is 24.3 Å². The monoisotopic (exact) mass is 244 g/mol. The fourth-order valence-electron chi connectivity index (χ4n) is 1.63. The van der Waals surface area contributed by atoms with Gasteiger partial charge in [0.1, 0.15) is 5.82 Å². The van der Waals surface area contributed by atoms with Crippen molar-refractivity contribution in [3.8, 4) is 0 Å². The second kappa shape index (κ2) is 4.87. The summed E-state index contributed by atoms with van der Waals surface area (Å²) in [5.41, 5.74) is 8.10. The molecule has 2 aromatic carbocycles. The van der Waals surface area contributed by atoms with E-state index < -0.39 is 0 Å². The predicted octanol–water partition coefficient (Wildman–Crippen LogP) is 2.97. The summed E-state index contributed by atoms with van der Waals surface area (Å²) in [7, 11) is 0. The third-order valence-electron chi connectivity index (χ3n) is 2.72. The molecule has 0 fully saturated rings. The first-order chi connectivity index (χ1) is 8.58. The number of anilines is 2. The molecular formula is C14H13FN2O. The Labute approximate surface area is 104 Å². The molecule has 3 nitrogen and oxygen atoms in total. The molecule has 0 unspecified atom stereocenters. The lowest BCUT2D eigenvalue weighted by Crippen LogP contribution is -2.14. The number of hydrogen-bond acceptors (Lipinski definition) is 2. The second-order valence-electron chi connectivity index (χ2n) is 3.98. The fourth-order valence-corrected chi connectivity index (χ4v) is 1.63. The molecule has 0 bridgehead atoms. The van der Waals surface area contributed by atoms with E-state index in [1.54, 1.807) is 25.1 Å². The maximum Gasteiger partial charge on any atom is 0.256 e. The number of nitrogens with two attached hydrogens (primary N) is 1. The molecule has 0 aliphatic rings. The van der Waals surface area contributed by atoms with Crippen LogP contribution in [0.25, 0.3) is 0 Å². The minimum atomic E-state index is -0.340. The third-order valence-corrected chi connectivity index (χ3v) is 2.72. The molecule has 92 valence electrons. The number of nitrogens with one attached hydrogen (secondary N) is 1. The lowest BCUT2D eigenvalue weighted by Gasteiger charge is -2.09. The van der Waals surface area contributed by atoms with Gasteiger partial charge in [-0.15, -0.1) is 0 Å². The number of benzene rings is 2. The van der Waals surface area contributed by atoms with Gasteiger partial charge in [-0.1, -0.05) is 6.07 Å². The first kappa shape index (κ1) is 12.1. The van der Waals surface area contributed by atoms with Gasteiger partial charge < -0.3 is 11.1 Å². The Kier molecular flexibility index (Phi) is 3.28. The summed E-state index contributed by atoms with van der Waals surface area (Å²) in [6.45, 7) is 1.79. The molecule has 0 aliphatic heterocycles. The summed E-state index contributed by atoms with van der Waals surface area (Å²) in [6, 6.07) is 10.8. The van der Waals surface area contributed by atoms with Gasteiger partial charge in [-0.3, -0.25) is 4.79 Å². The Hall–Kier alpha value is -2.36. The van der Waals surface area contributed by atoms with E-state index >= 15 is 0 Å². The summed E-state index contributed by atoms with van der Waals surface area (Å²) in [6.07, 6.45) is 0. The number of hydrogen-bond donors (Lipinski definition) is 2. The van der Waals surface area contributed by atoms with E-state index in [2.05, 4.69) is 5.32 Å². The Balaban J connectivity index is 2.22. The van der Waals surface area contributed by atoms with Crippen LogP contribution in [0.4, 0.5) is 15.8 Å². The van der Waals surface area contributed by atoms with Crippen LogP contribution in [-0.4, -0.2) is 5.91 Å². The van der Waals surface area contributed by atoms with Crippen molar-refractivity contribution in [3.05, 3.63) is 59.4 Å². The molecular weight excluding hydrogens is 231 g/mol. The van der Waals surface area contributed by atoms with Crippen LogP contribution in [0.5, 0.6) is 0 Å². The van der Waals surface area contributed by atoms with Gasteiger partial charge in [-0.05, 0) is 48.9 Å². The Morgan fingerprint density at radius 3 is 2.50 bits per heavy atom. The van der Waals surface area contributed by atoms with Crippen LogP contribution >= 0.6 is 0 Å². The standard InChI is InChI=1S/C14H13FN2O/c1-9-12(3-2-4-13(9)16)14(18)17-11-7-5-10(15)6-8-11/h2-8H,16H2,1H3,(H,17,18). The number of carbonyl (C=O) groups is 1. The van der Waals surface area contributed by atoms with Crippen LogP contribution < -0.4 is 11.1 Å². The molecule has 4 heteroatoms. The number of rotatable bonds is 2. The minimum Gasteiger partial charge on any atom is -0.398 e. The normalized spacial score (nSPS) is 10.1. The lowest BCUT2D eigenvalue weighted by atomic mass is 10.1. The molecule has 1 amide bonds. The smallest absolute Gasteiger partial charge is 0.256 e. The van der Waals surface area contributed by atoms with Crippen molar-refractivity contribution in [2.45, 2.75) is 6.92 Å². The maximum atomic E-state index is 12.7. The highest BCUT2D eigenvalue weighted by atomic mass is 19.1. The largest absolute Gasteiger partial charge is 0.398 e. The average Bonchev–Trinajstić information content (AvgIpc) is 2.35. The van der Waals surface area contributed by atoms with Gasteiger partial charge in [0.05, 0.1) is 0 Å². The summed E-state index contributed by atoms with van der Waals surface area (Å²) >= 11 is 0. The SMILES string of the molecule is Cc1c(N)cccc1C(=O)Nc1ccc(F)cc1. The van der Waals surface area contributed by atoms with Gasteiger partial charge in [-0.25, -0.2) is 4.39 Å². The van der Waals surface area contributed by atoms with Crippen molar-refractivity contribution in [1.82, 2.24) is 0 Å².